The fourth-order valence-corrected chi connectivity index (χ4v) is 2.07. The standard InChI is InChI=1S/C17H18F3N3.HI/c1-21-17(23-11-12-5-7-14(18)8-6-12)22-10-9-13-3-2-4-15(19)16(13)20;/h2-8H,9-11H2,1H3,(H2,21,22,23);1H. The van der Waals surface area contributed by atoms with Crippen molar-refractivity contribution in [3.8, 4) is 0 Å². The topological polar surface area (TPSA) is 36.4 Å². The molecule has 0 fully saturated rings. The first-order valence-electron chi connectivity index (χ1n) is 7.22. The van der Waals surface area contributed by atoms with Gasteiger partial charge in [-0.05, 0) is 35.7 Å². The first-order valence-corrected chi connectivity index (χ1v) is 7.22. The van der Waals surface area contributed by atoms with Crippen LogP contribution in [0.4, 0.5) is 13.2 Å². The zero-order chi connectivity index (χ0) is 16.7. The molecule has 2 aromatic carbocycles. The predicted molar refractivity (Wildman–Crippen MR) is 100 cm³/mol. The van der Waals surface area contributed by atoms with Gasteiger partial charge in [-0.2, -0.15) is 0 Å². The maximum atomic E-state index is 13.5. The third-order valence-corrected chi connectivity index (χ3v) is 3.32. The summed E-state index contributed by atoms with van der Waals surface area (Å²) >= 11 is 0. The van der Waals surface area contributed by atoms with Gasteiger partial charge in [0.05, 0.1) is 0 Å². The Morgan fingerprint density at radius 1 is 1.00 bits per heavy atom. The maximum absolute atomic E-state index is 13.5. The Labute approximate surface area is 156 Å². The number of nitrogens with zero attached hydrogens (tertiary/aromatic N) is 1. The lowest BCUT2D eigenvalue weighted by Gasteiger charge is -2.12. The molecule has 2 aromatic rings. The SMILES string of the molecule is CN=C(NCCc1cccc(F)c1F)NCc1ccc(F)cc1.I. The fraction of sp³-hybridized carbons (Fsp3) is 0.235. The van der Waals surface area contributed by atoms with Gasteiger partial charge in [-0.25, -0.2) is 13.2 Å². The summed E-state index contributed by atoms with van der Waals surface area (Å²) in [6.45, 7) is 0.887. The van der Waals surface area contributed by atoms with E-state index in [9.17, 15) is 13.2 Å². The van der Waals surface area contributed by atoms with Crippen molar-refractivity contribution in [2.24, 2.45) is 4.99 Å². The van der Waals surface area contributed by atoms with Gasteiger partial charge in [-0.3, -0.25) is 4.99 Å². The Morgan fingerprint density at radius 3 is 2.38 bits per heavy atom. The van der Waals surface area contributed by atoms with Crippen molar-refractivity contribution in [1.82, 2.24) is 10.6 Å². The van der Waals surface area contributed by atoms with E-state index in [0.29, 0.717) is 31.0 Å². The average molecular weight is 449 g/mol. The Morgan fingerprint density at radius 2 is 1.71 bits per heavy atom. The van der Waals surface area contributed by atoms with Gasteiger partial charge >= 0.3 is 0 Å². The number of hydrogen-bond acceptors (Lipinski definition) is 1. The highest BCUT2D eigenvalue weighted by Gasteiger charge is 2.07. The highest BCUT2D eigenvalue weighted by molar-refractivity contribution is 14.0. The van der Waals surface area contributed by atoms with Crippen molar-refractivity contribution in [3.05, 3.63) is 71.0 Å². The molecule has 0 aliphatic carbocycles. The number of nitrogens with one attached hydrogen (secondary N) is 2. The molecular formula is C17H19F3IN3. The van der Waals surface area contributed by atoms with Gasteiger partial charge in [0, 0.05) is 20.1 Å². The van der Waals surface area contributed by atoms with Crippen LogP contribution in [0.5, 0.6) is 0 Å². The Hall–Kier alpha value is -1.77. The fourth-order valence-electron chi connectivity index (χ4n) is 2.07. The molecule has 0 saturated carbocycles. The van der Waals surface area contributed by atoms with Crippen LogP contribution in [-0.4, -0.2) is 19.6 Å². The van der Waals surface area contributed by atoms with Crippen LogP contribution in [0.1, 0.15) is 11.1 Å². The summed E-state index contributed by atoms with van der Waals surface area (Å²) in [6.07, 6.45) is 0.334. The van der Waals surface area contributed by atoms with Crippen molar-refractivity contribution in [1.29, 1.82) is 0 Å². The van der Waals surface area contributed by atoms with Gasteiger partial charge in [-0.1, -0.05) is 24.3 Å². The minimum Gasteiger partial charge on any atom is -0.356 e. The third kappa shape index (κ3) is 6.03. The minimum atomic E-state index is -0.846. The molecule has 0 aliphatic rings. The molecule has 24 heavy (non-hydrogen) atoms. The van der Waals surface area contributed by atoms with Crippen LogP contribution in [0.2, 0.25) is 0 Å². The molecule has 0 unspecified atom stereocenters. The van der Waals surface area contributed by atoms with Crippen molar-refractivity contribution in [2.45, 2.75) is 13.0 Å². The number of hydrogen-bond donors (Lipinski definition) is 2. The van der Waals surface area contributed by atoms with Crippen LogP contribution in [0.3, 0.4) is 0 Å². The van der Waals surface area contributed by atoms with Crippen molar-refractivity contribution >= 4 is 29.9 Å². The van der Waals surface area contributed by atoms with E-state index in [2.05, 4.69) is 15.6 Å². The van der Waals surface area contributed by atoms with Crippen molar-refractivity contribution < 1.29 is 13.2 Å². The van der Waals surface area contributed by atoms with Crippen LogP contribution in [-0.2, 0) is 13.0 Å². The second-order valence-electron chi connectivity index (χ2n) is 4.94. The summed E-state index contributed by atoms with van der Waals surface area (Å²) in [5.74, 6) is -1.41. The van der Waals surface area contributed by atoms with E-state index in [1.807, 2.05) is 0 Å². The van der Waals surface area contributed by atoms with E-state index >= 15 is 0 Å². The molecule has 0 aromatic heterocycles. The number of guanidine groups is 1. The minimum absolute atomic E-state index is 0. The lowest BCUT2D eigenvalue weighted by molar-refractivity contribution is 0.498. The summed E-state index contributed by atoms with van der Waals surface area (Å²) in [5, 5.41) is 6.09. The number of benzene rings is 2. The van der Waals surface area contributed by atoms with Gasteiger partial charge < -0.3 is 10.6 Å². The molecule has 3 nitrogen and oxygen atoms in total. The molecule has 130 valence electrons. The molecular weight excluding hydrogens is 430 g/mol. The average Bonchev–Trinajstić information content (AvgIpc) is 2.56. The molecule has 0 spiro atoms. The van der Waals surface area contributed by atoms with Crippen LogP contribution in [0.25, 0.3) is 0 Å². The van der Waals surface area contributed by atoms with Gasteiger partial charge in [0.2, 0.25) is 0 Å². The molecule has 0 radical (unpaired) electrons. The lowest BCUT2D eigenvalue weighted by atomic mass is 10.1. The monoisotopic (exact) mass is 449 g/mol. The van der Waals surface area contributed by atoms with E-state index < -0.39 is 11.6 Å². The first kappa shape index (κ1) is 20.3. The molecule has 7 heteroatoms. The molecule has 2 rings (SSSR count). The first-order chi connectivity index (χ1) is 11.1. The molecule has 2 N–H and O–H groups in total. The summed E-state index contributed by atoms with van der Waals surface area (Å²) in [4.78, 5) is 4.04. The molecule has 0 heterocycles. The van der Waals surface area contributed by atoms with Crippen molar-refractivity contribution in [3.63, 3.8) is 0 Å². The highest BCUT2D eigenvalue weighted by atomic mass is 127. The van der Waals surface area contributed by atoms with Crippen LogP contribution >= 0.6 is 24.0 Å². The largest absolute Gasteiger partial charge is 0.356 e. The van der Waals surface area contributed by atoms with Gasteiger partial charge in [0.15, 0.2) is 17.6 Å². The molecule has 0 amide bonds. The zero-order valence-corrected chi connectivity index (χ0v) is 15.5. The molecule has 0 bridgehead atoms. The summed E-state index contributed by atoms with van der Waals surface area (Å²) in [7, 11) is 1.61. The van der Waals surface area contributed by atoms with Crippen LogP contribution in [0.15, 0.2) is 47.5 Å². The normalized spacial score (nSPS) is 10.9. The molecule has 0 atom stereocenters. The van der Waals surface area contributed by atoms with Gasteiger partial charge in [0.25, 0.3) is 0 Å². The Kier molecular flexibility index (Phi) is 8.59. The van der Waals surface area contributed by atoms with E-state index in [4.69, 9.17) is 0 Å². The smallest absolute Gasteiger partial charge is 0.191 e. The second-order valence-corrected chi connectivity index (χ2v) is 4.94. The Balaban J connectivity index is 0.00000288. The number of rotatable bonds is 5. The van der Waals surface area contributed by atoms with Gasteiger partial charge in [0.1, 0.15) is 5.82 Å². The second kappa shape index (κ2) is 10.2. The van der Waals surface area contributed by atoms with Crippen LogP contribution in [0, 0.1) is 17.5 Å². The van der Waals surface area contributed by atoms with E-state index in [1.54, 1.807) is 25.2 Å². The molecule has 0 aliphatic heterocycles. The van der Waals surface area contributed by atoms with Crippen molar-refractivity contribution in [2.75, 3.05) is 13.6 Å². The number of aliphatic imine (C=N–C) groups is 1. The Bertz CT molecular complexity index is 675. The summed E-state index contributed by atoms with van der Waals surface area (Å²) in [6, 6.07) is 10.3. The quantitative estimate of drug-likeness (QED) is 0.416. The van der Waals surface area contributed by atoms with E-state index in [-0.39, 0.29) is 29.8 Å². The third-order valence-electron chi connectivity index (χ3n) is 3.32. The summed E-state index contributed by atoms with van der Waals surface area (Å²) < 4.78 is 39.5. The summed E-state index contributed by atoms with van der Waals surface area (Å²) in [5.41, 5.74) is 1.22. The lowest BCUT2D eigenvalue weighted by Crippen LogP contribution is -2.37. The van der Waals surface area contributed by atoms with E-state index in [0.717, 1.165) is 11.6 Å². The highest BCUT2D eigenvalue weighted by Crippen LogP contribution is 2.11. The van der Waals surface area contributed by atoms with Crippen LogP contribution < -0.4 is 10.6 Å². The maximum Gasteiger partial charge on any atom is 0.191 e. The number of halogens is 4. The zero-order valence-electron chi connectivity index (χ0n) is 13.2. The van der Waals surface area contributed by atoms with E-state index in [1.165, 1.54) is 18.2 Å². The molecule has 0 saturated heterocycles. The van der Waals surface area contributed by atoms with Gasteiger partial charge in [-0.15, -0.1) is 24.0 Å². The predicted octanol–water partition coefficient (Wildman–Crippen LogP) is 3.63.